The van der Waals surface area contributed by atoms with Crippen LogP contribution < -0.4 is 0 Å². The summed E-state index contributed by atoms with van der Waals surface area (Å²) in [6, 6.07) is 11.3. The second kappa shape index (κ2) is 8.26. The Morgan fingerprint density at radius 1 is 0.909 bits per heavy atom. The number of aryl methyl sites for hydroxylation is 1. The van der Waals surface area contributed by atoms with E-state index in [4.69, 9.17) is 23.2 Å². The predicted molar refractivity (Wildman–Crippen MR) is 123 cm³/mol. The molecule has 5 rings (SSSR count). The Hall–Kier alpha value is -2.70. The molecule has 2 bridgehead atoms. The number of imide groups is 1. The number of benzene rings is 2. The van der Waals surface area contributed by atoms with Gasteiger partial charge in [0.15, 0.2) is 5.78 Å². The molecule has 3 aliphatic rings. The van der Waals surface area contributed by atoms with Gasteiger partial charge in [-0.15, -0.1) is 0 Å². The lowest BCUT2D eigenvalue weighted by Gasteiger charge is -2.31. The van der Waals surface area contributed by atoms with E-state index in [9.17, 15) is 19.2 Å². The van der Waals surface area contributed by atoms with Gasteiger partial charge in [-0.3, -0.25) is 19.2 Å². The van der Waals surface area contributed by atoms with Crippen molar-refractivity contribution in [2.75, 3.05) is 6.54 Å². The number of fused-ring (bicyclic) bond motifs is 5. The molecule has 2 aromatic rings. The van der Waals surface area contributed by atoms with Gasteiger partial charge in [0.2, 0.25) is 0 Å². The second-order valence-corrected chi connectivity index (χ2v) is 9.97. The van der Waals surface area contributed by atoms with Crippen molar-refractivity contribution in [1.82, 2.24) is 10.0 Å². The van der Waals surface area contributed by atoms with E-state index in [0.29, 0.717) is 5.56 Å². The van der Waals surface area contributed by atoms with Crippen LogP contribution in [-0.2, 0) is 9.59 Å². The van der Waals surface area contributed by atoms with E-state index in [1.807, 2.05) is 6.92 Å². The molecule has 1 heterocycles. The molecule has 0 spiro atoms. The molecule has 1 saturated heterocycles. The number of halogens is 2. The van der Waals surface area contributed by atoms with Crippen LogP contribution in [0.5, 0.6) is 0 Å². The molecule has 2 saturated carbocycles. The van der Waals surface area contributed by atoms with E-state index in [0.717, 1.165) is 34.8 Å². The minimum absolute atomic E-state index is 0.140. The van der Waals surface area contributed by atoms with Crippen molar-refractivity contribution in [3.05, 3.63) is 69.2 Å². The van der Waals surface area contributed by atoms with E-state index in [1.54, 1.807) is 24.3 Å². The van der Waals surface area contributed by atoms with Gasteiger partial charge in [-0.05, 0) is 56.2 Å². The number of carbonyl (C=O) groups excluding carboxylic acids is 4. The Kier molecular flexibility index (Phi) is 5.53. The van der Waals surface area contributed by atoms with Gasteiger partial charge in [-0.25, -0.2) is 5.01 Å². The van der Waals surface area contributed by atoms with Crippen LogP contribution in [0.4, 0.5) is 0 Å². The topological polar surface area (TPSA) is 74.8 Å². The van der Waals surface area contributed by atoms with Gasteiger partial charge in [-0.2, -0.15) is 5.01 Å². The van der Waals surface area contributed by atoms with Gasteiger partial charge >= 0.3 is 0 Å². The van der Waals surface area contributed by atoms with Gasteiger partial charge in [0.25, 0.3) is 17.7 Å². The van der Waals surface area contributed by atoms with E-state index >= 15 is 0 Å². The minimum atomic E-state index is -0.650. The smallest absolute Gasteiger partial charge is 0.273 e. The fraction of sp³-hybridized carbons (Fsp3) is 0.360. The quantitative estimate of drug-likeness (QED) is 0.459. The van der Waals surface area contributed by atoms with Crippen LogP contribution in [0.25, 0.3) is 0 Å². The number of Topliss-reactive ketones (excluding diaryl/α,β-unsaturated/α-hetero) is 1. The Morgan fingerprint density at radius 2 is 1.48 bits per heavy atom. The molecule has 2 aromatic carbocycles. The largest absolute Gasteiger partial charge is 0.292 e. The summed E-state index contributed by atoms with van der Waals surface area (Å²) in [5.74, 6) is -2.28. The third-order valence-corrected chi connectivity index (χ3v) is 7.95. The monoisotopic (exact) mass is 484 g/mol. The molecule has 170 valence electrons. The number of hydrogen-bond acceptors (Lipinski definition) is 4. The summed E-state index contributed by atoms with van der Waals surface area (Å²) < 4.78 is 0. The molecule has 2 aliphatic carbocycles. The number of amides is 3. The third kappa shape index (κ3) is 3.65. The maximum absolute atomic E-state index is 13.5. The van der Waals surface area contributed by atoms with Crippen molar-refractivity contribution in [2.24, 2.45) is 23.7 Å². The fourth-order valence-electron chi connectivity index (χ4n) is 5.61. The summed E-state index contributed by atoms with van der Waals surface area (Å²) >= 11 is 12.1. The molecular weight excluding hydrogens is 463 g/mol. The van der Waals surface area contributed by atoms with E-state index in [2.05, 4.69) is 0 Å². The second-order valence-electron chi connectivity index (χ2n) is 9.15. The van der Waals surface area contributed by atoms with Crippen LogP contribution >= 0.6 is 23.2 Å². The first-order chi connectivity index (χ1) is 15.8. The van der Waals surface area contributed by atoms with Gasteiger partial charge in [0.05, 0.1) is 21.9 Å². The minimum Gasteiger partial charge on any atom is -0.292 e. The van der Waals surface area contributed by atoms with E-state index in [1.165, 1.54) is 18.2 Å². The van der Waals surface area contributed by atoms with Crippen molar-refractivity contribution in [3.8, 4) is 0 Å². The fourth-order valence-corrected chi connectivity index (χ4v) is 5.91. The van der Waals surface area contributed by atoms with Crippen LogP contribution in [0.15, 0.2) is 42.5 Å². The highest BCUT2D eigenvalue weighted by Gasteiger charge is 2.62. The Labute approximate surface area is 201 Å². The maximum Gasteiger partial charge on any atom is 0.273 e. The number of hydrogen-bond donors (Lipinski definition) is 0. The van der Waals surface area contributed by atoms with Crippen LogP contribution in [0.2, 0.25) is 10.0 Å². The summed E-state index contributed by atoms with van der Waals surface area (Å²) in [6.07, 6.45) is 2.72. The molecule has 6 nitrogen and oxygen atoms in total. The molecule has 0 aromatic heterocycles. The SMILES string of the molecule is Cc1ccc(C(=O)CN(C(=O)c2ccc(Cl)c(Cl)c2)N2C(=O)[C@@H]3[C@H]4CC[C@@H](C4)[C@@H]3C2=O)cc1. The van der Waals surface area contributed by atoms with Gasteiger partial charge in [0.1, 0.15) is 6.54 Å². The van der Waals surface area contributed by atoms with E-state index < -0.39 is 24.3 Å². The number of nitrogens with zero attached hydrogens (tertiary/aromatic N) is 2. The molecule has 4 atom stereocenters. The van der Waals surface area contributed by atoms with Gasteiger partial charge < -0.3 is 0 Å². The summed E-state index contributed by atoms with van der Waals surface area (Å²) in [7, 11) is 0. The van der Waals surface area contributed by atoms with Crippen LogP contribution in [0.1, 0.15) is 45.5 Å². The average molecular weight is 485 g/mol. The number of ketones is 1. The zero-order valence-corrected chi connectivity index (χ0v) is 19.5. The first kappa shape index (κ1) is 22.1. The van der Waals surface area contributed by atoms with Crippen LogP contribution in [-0.4, -0.2) is 40.1 Å². The molecule has 1 aliphatic heterocycles. The molecule has 8 heteroatoms. The molecule has 3 amide bonds. The summed E-state index contributed by atoms with van der Waals surface area (Å²) in [5, 5.41) is 2.36. The van der Waals surface area contributed by atoms with Crippen LogP contribution in [0.3, 0.4) is 0 Å². The van der Waals surface area contributed by atoms with Crippen molar-refractivity contribution in [3.63, 3.8) is 0 Å². The molecular formula is C25H22Cl2N2O4. The highest BCUT2D eigenvalue weighted by molar-refractivity contribution is 6.42. The van der Waals surface area contributed by atoms with Gasteiger partial charge in [-0.1, -0.05) is 53.0 Å². The third-order valence-electron chi connectivity index (χ3n) is 7.21. The summed E-state index contributed by atoms with van der Waals surface area (Å²) in [5.41, 5.74) is 1.53. The number of carbonyl (C=O) groups is 4. The average Bonchev–Trinajstić information content (AvgIpc) is 3.48. The van der Waals surface area contributed by atoms with Crippen molar-refractivity contribution in [1.29, 1.82) is 0 Å². The van der Waals surface area contributed by atoms with Gasteiger partial charge in [0, 0.05) is 11.1 Å². The Balaban J connectivity index is 1.51. The zero-order valence-electron chi connectivity index (χ0n) is 18.0. The summed E-state index contributed by atoms with van der Waals surface area (Å²) in [6.45, 7) is 1.47. The highest BCUT2D eigenvalue weighted by atomic mass is 35.5. The normalized spacial score (nSPS) is 25.5. The zero-order chi connectivity index (χ0) is 23.4. The van der Waals surface area contributed by atoms with Crippen molar-refractivity contribution in [2.45, 2.75) is 26.2 Å². The predicted octanol–water partition coefficient (Wildman–Crippen LogP) is 4.57. The van der Waals surface area contributed by atoms with Crippen molar-refractivity contribution >= 4 is 46.7 Å². The lowest BCUT2D eigenvalue weighted by Crippen LogP contribution is -2.52. The Morgan fingerprint density at radius 3 is 2.06 bits per heavy atom. The molecule has 0 unspecified atom stereocenters. The van der Waals surface area contributed by atoms with Crippen molar-refractivity contribution < 1.29 is 19.2 Å². The molecule has 33 heavy (non-hydrogen) atoms. The first-order valence-corrected chi connectivity index (χ1v) is 11.8. The first-order valence-electron chi connectivity index (χ1n) is 11.0. The highest BCUT2D eigenvalue weighted by Crippen LogP contribution is 2.56. The summed E-state index contributed by atoms with van der Waals surface area (Å²) in [4.78, 5) is 53.4. The lowest BCUT2D eigenvalue weighted by atomic mass is 9.81. The molecule has 0 radical (unpaired) electrons. The Bertz CT molecular complexity index is 1150. The maximum atomic E-state index is 13.5. The molecule has 0 N–H and O–H groups in total. The van der Waals surface area contributed by atoms with Crippen LogP contribution in [0, 0.1) is 30.6 Å². The molecule has 3 fully saturated rings. The standard InChI is InChI=1S/C25H22Cl2N2O4/c1-13-2-4-14(5-3-13)20(30)12-28(23(31)17-8-9-18(26)19(27)11-17)29-24(32)21-15-6-7-16(10-15)22(21)25(29)33/h2-5,8-9,11,15-16,21-22H,6-7,10,12H2,1H3/t15-,16-,21-,22+/m0/s1. The van der Waals surface area contributed by atoms with E-state index in [-0.39, 0.29) is 45.0 Å². The number of hydrazine groups is 1. The lowest BCUT2D eigenvalue weighted by molar-refractivity contribution is -0.154. The number of rotatable bonds is 5.